The van der Waals surface area contributed by atoms with E-state index in [4.69, 9.17) is 0 Å². The summed E-state index contributed by atoms with van der Waals surface area (Å²) in [4.78, 5) is 24.3. The van der Waals surface area contributed by atoms with Gasteiger partial charge in [-0.2, -0.15) is 0 Å². The number of aliphatic hydroxyl groups is 1. The summed E-state index contributed by atoms with van der Waals surface area (Å²) in [6.07, 6.45) is 0.763. The number of carbonyl (C=O) groups is 2. The Balaban J connectivity index is 1.89. The first-order chi connectivity index (χ1) is 11.6. The van der Waals surface area contributed by atoms with Crippen LogP contribution in [0.5, 0.6) is 0 Å². The molecule has 2 rings (SSSR count). The SMILES string of the molecule is Cc1ccc(C(=O)CCC(=O)NC(CCO)c2ccccc2)cc1. The molecule has 0 aliphatic heterocycles. The van der Waals surface area contributed by atoms with Crippen LogP contribution in [0.4, 0.5) is 0 Å². The van der Waals surface area contributed by atoms with Gasteiger partial charge in [-0.15, -0.1) is 0 Å². The lowest BCUT2D eigenvalue weighted by molar-refractivity contribution is -0.121. The van der Waals surface area contributed by atoms with E-state index in [9.17, 15) is 14.7 Å². The minimum absolute atomic E-state index is 0.0118. The predicted molar refractivity (Wildman–Crippen MR) is 93.8 cm³/mol. The van der Waals surface area contributed by atoms with Gasteiger partial charge in [0.25, 0.3) is 0 Å². The molecule has 2 N–H and O–H groups in total. The molecular weight excluding hydrogens is 302 g/mol. The van der Waals surface area contributed by atoms with Crippen LogP contribution in [0.25, 0.3) is 0 Å². The maximum atomic E-state index is 12.1. The van der Waals surface area contributed by atoms with E-state index in [0.717, 1.165) is 11.1 Å². The Morgan fingerprint density at radius 3 is 2.29 bits per heavy atom. The molecule has 0 radical (unpaired) electrons. The van der Waals surface area contributed by atoms with Crippen molar-refractivity contribution >= 4 is 11.7 Å². The maximum absolute atomic E-state index is 12.1. The fourth-order valence-electron chi connectivity index (χ4n) is 2.51. The van der Waals surface area contributed by atoms with E-state index < -0.39 is 0 Å². The Morgan fingerprint density at radius 1 is 1.00 bits per heavy atom. The fourth-order valence-corrected chi connectivity index (χ4v) is 2.51. The number of nitrogens with one attached hydrogen (secondary N) is 1. The van der Waals surface area contributed by atoms with Gasteiger partial charge in [0.2, 0.25) is 5.91 Å². The molecule has 0 heterocycles. The van der Waals surface area contributed by atoms with Crippen molar-refractivity contribution in [3.05, 3.63) is 71.3 Å². The van der Waals surface area contributed by atoms with E-state index in [0.29, 0.717) is 12.0 Å². The Hall–Kier alpha value is -2.46. The third kappa shape index (κ3) is 5.32. The third-order valence-electron chi connectivity index (χ3n) is 3.91. The fraction of sp³-hybridized carbons (Fsp3) is 0.300. The number of benzene rings is 2. The predicted octanol–water partition coefficient (Wildman–Crippen LogP) is 3.20. The summed E-state index contributed by atoms with van der Waals surface area (Å²) in [5.74, 6) is -0.221. The molecule has 2 aromatic rings. The monoisotopic (exact) mass is 325 g/mol. The quantitative estimate of drug-likeness (QED) is 0.733. The molecule has 1 unspecified atom stereocenters. The van der Waals surface area contributed by atoms with Gasteiger partial charge in [0.05, 0.1) is 6.04 Å². The van der Waals surface area contributed by atoms with Gasteiger partial charge in [-0.05, 0) is 18.9 Å². The average Bonchev–Trinajstić information content (AvgIpc) is 2.60. The second-order valence-electron chi connectivity index (χ2n) is 5.83. The van der Waals surface area contributed by atoms with Crippen LogP contribution in [0.1, 0.15) is 46.8 Å². The van der Waals surface area contributed by atoms with Crippen LogP contribution in [0.2, 0.25) is 0 Å². The van der Waals surface area contributed by atoms with E-state index in [-0.39, 0.29) is 37.2 Å². The number of aliphatic hydroxyl groups excluding tert-OH is 1. The third-order valence-corrected chi connectivity index (χ3v) is 3.91. The van der Waals surface area contributed by atoms with Crippen LogP contribution in [0.3, 0.4) is 0 Å². The highest BCUT2D eigenvalue weighted by atomic mass is 16.3. The minimum atomic E-state index is -0.238. The van der Waals surface area contributed by atoms with Crippen LogP contribution in [-0.4, -0.2) is 23.4 Å². The van der Waals surface area contributed by atoms with Gasteiger partial charge < -0.3 is 10.4 Å². The topological polar surface area (TPSA) is 66.4 Å². The maximum Gasteiger partial charge on any atom is 0.220 e. The van der Waals surface area contributed by atoms with Crippen molar-refractivity contribution in [3.8, 4) is 0 Å². The highest BCUT2D eigenvalue weighted by molar-refractivity contribution is 5.98. The van der Waals surface area contributed by atoms with Crippen molar-refractivity contribution in [2.24, 2.45) is 0 Å². The van der Waals surface area contributed by atoms with Crippen molar-refractivity contribution in [3.63, 3.8) is 0 Å². The zero-order valence-electron chi connectivity index (χ0n) is 13.9. The van der Waals surface area contributed by atoms with Crippen LogP contribution >= 0.6 is 0 Å². The molecule has 0 aromatic heterocycles. The summed E-state index contributed by atoms with van der Waals surface area (Å²) in [6.45, 7) is 1.95. The number of carbonyl (C=O) groups excluding carboxylic acids is 2. The molecule has 2 aromatic carbocycles. The first kappa shape index (κ1) is 17.9. The van der Waals surface area contributed by atoms with E-state index >= 15 is 0 Å². The summed E-state index contributed by atoms with van der Waals surface area (Å²) in [5, 5.41) is 12.1. The number of aryl methyl sites for hydroxylation is 1. The average molecular weight is 325 g/mol. The summed E-state index contributed by atoms with van der Waals surface area (Å²) >= 11 is 0. The smallest absolute Gasteiger partial charge is 0.220 e. The molecule has 24 heavy (non-hydrogen) atoms. The largest absolute Gasteiger partial charge is 0.396 e. The van der Waals surface area contributed by atoms with Crippen molar-refractivity contribution in [2.45, 2.75) is 32.2 Å². The molecule has 0 fully saturated rings. The van der Waals surface area contributed by atoms with Crippen molar-refractivity contribution in [1.29, 1.82) is 0 Å². The molecule has 1 amide bonds. The number of rotatable bonds is 8. The van der Waals surface area contributed by atoms with Gasteiger partial charge in [-0.1, -0.05) is 60.2 Å². The van der Waals surface area contributed by atoms with E-state index in [2.05, 4.69) is 5.32 Å². The standard InChI is InChI=1S/C20H23NO3/c1-15-7-9-17(10-8-15)19(23)11-12-20(24)21-18(13-14-22)16-5-3-2-4-6-16/h2-10,18,22H,11-14H2,1H3,(H,21,24). The number of Topliss-reactive ketones (excluding diaryl/α,β-unsaturated/α-hetero) is 1. The number of hydrogen-bond acceptors (Lipinski definition) is 3. The summed E-state index contributed by atoms with van der Waals surface area (Å²) in [5.41, 5.74) is 2.67. The molecule has 0 saturated heterocycles. The van der Waals surface area contributed by atoms with E-state index in [1.165, 1.54) is 0 Å². The molecule has 0 bridgehead atoms. The second-order valence-corrected chi connectivity index (χ2v) is 5.83. The Bertz CT molecular complexity index is 665. The molecule has 0 spiro atoms. The van der Waals surface area contributed by atoms with Crippen molar-refractivity contribution in [2.75, 3.05) is 6.61 Å². The zero-order valence-corrected chi connectivity index (χ0v) is 13.9. The molecule has 126 valence electrons. The van der Waals surface area contributed by atoms with Gasteiger partial charge in [0, 0.05) is 25.0 Å². The van der Waals surface area contributed by atoms with E-state index in [1.807, 2.05) is 49.4 Å². The highest BCUT2D eigenvalue weighted by Crippen LogP contribution is 2.16. The minimum Gasteiger partial charge on any atom is -0.396 e. The van der Waals surface area contributed by atoms with Gasteiger partial charge in [0.1, 0.15) is 0 Å². The first-order valence-electron chi connectivity index (χ1n) is 8.15. The van der Waals surface area contributed by atoms with Crippen LogP contribution in [-0.2, 0) is 4.79 Å². The second kappa shape index (κ2) is 8.99. The summed E-state index contributed by atoms with van der Waals surface area (Å²) in [7, 11) is 0. The molecule has 0 aliphatic rings. The highest BCUT2D eigenvalue weighted by Gasteiger charge is 2.15. The van der Waals surface area contributed by atoms with Gasteiger partial charge in [-0.3, -0.25) is 9.59 Å². The first-order valence-corrected chi connectivity index (χ1v) is 8.15. The van der Waals surface area contributed by atoms with Crippen molar-refractivity contribution in [1.82, 2.24) is 5.32 Å². The van der Waals surface area contributed by atoms with Gasteiger partial charge in [0.15, 0.2) is 5.78 Å². The summed E-state index contributed by atoms with van der Waals surface area (Å²) < 4.78 is 0. The van der Waals surface area contributed by atoms with E-state index in [1.54, 1.807) is 12.1 Å². The number of hydrogen-bond donors (Lipinski definition) is 2. The lowest BCUT2D eigenvalue weighted by Crippen LogP contribution is -2.29. The zero-order chi connectivity index (χ0) is 17.4. The van der Waals surface area contributed by atoms with Crippen LogP contribution in [0, 0.1) is 6.92 Å². The molecule has 0 saturated carbocycles. The molecule has 0 aliphatic carbocycles. The van der Waals surface area contributed by atoms with Crippen LogP contribution in [0.15, 0.2) is 54.6 Å². The van der Waals surface area contributed by atoms with Crippen LogP contribution < -0.4 is 5.32 Å². The number of amides is 1. The molecule has 4 nitrogen and oxygen atoms in total. The summed E-state index contributed by atoms with van der Waals surface area (Å²) in [6, 6.07) is 16.6. The number of ketones is 1. The van der Waals surface area contributed by atoms with Crippen molar-refractivity contribution < 1.29 is 14.7 Å². The lowest BCUT2D eigenvalue weighted by atomic mass is 10.0. The van der Waals surface area contributed by atoms with Gasteiger partial charge >= 0.3 is 0 Å². The Morgan fingerprint density at radius 2 is 1.67 bits per heavy atom. The molecular formula is C20H23NO3. The Kier molecular flexibility index (Phi) is 6.70. The molecule has 1 atom stereocenters. The Labute approximate surface area is 142 Å². The lowest BCUT2D eigenvalue weighted by Gasteiger charge is -2.18. The molecule has 4 heteroatoms. The normalized spacial score (nSPS) is 11.8. The van der Waals surface area contributed by atoms with Gasteiger partial charge in [-0.25, -0.2) is 0 Å².